The molecule has 0 unspecified atom stereocenters. The molecule has 2 aromatic carbocycles. The number of halogens is 1. The number of urea groups is 1. The number of carbonyl (C=O) groups is 2. The number of aryl methyl sites for hydroxylation is 1. The zero-order valence-corrected chi connectivity index (χ0v) is 19.4. The van der Waals surface area contributed by atoms with Crippen molar-refractivity contribution in [2.24, 2.45) is 10.7 Å². The van der Waals surface area contributed by atoms with Crippen molar-refractivity contribution >= 4 is 57.9 Å². The van der Waals surface area contributed by atoms with E-state index in [1.807, 2.05) is 41.5 Å². The predicted molar refractivity (Wildman–Crippen MR) is 134 cm³/mol. The van der Waals surface area contributed by atoms with Gasteiger partial charge in [0.05, 0.1) is 6.54 Å². The van der Waals surface area contributed by atoms with Crippen molar-refractivity contribution in [3.05, 3.63) is 75.4 Å². The molecule has 1 aromatic heterocycles. The Morgan fingerprint density at radius 3 is 2.52 bits per heavy atom. The van der Waals surface area contributed by atoms with Gasteiger partial charge in [-0.15, -0.1) is 11.3 Å². The molecular weight excluding hydrogens is 460 g/mol. The molecule has 0 bridgehead atoms. The number of hydrogen-bond donors (Lipinski definition) is 4. The van der Waals surface area contributed by atoms with Gasteiger partial charge in [0.2, 0.25) is 0 Å². The minimum atomic E-state index is -0.862. The van der Waals surface area contributed by atoms with Crippen LogP contribution in [0.25, 0.3) is 0 Å². The van der Waals surface area contributed by atoms with Crippen LogP contribution in [0.4, 0.5) is 21.9 Å². The van der Waals surface area contributed by atoms with Crippen LogP contribution in [0, 0.1) is 6.92 Å². The highest BCUT2D eigenvalue weighted by atomic mass is 35.5. The molecule has 8 nitrogen and oxygen atoms in total. The first-order valence-corrected chi connectivity index (χ1v) is 11.5. The number of anilines is 3. The van der Waals surface area contributed by atoms with Crippen LogP contribution in [-0.4, -0.2) is 31.0 Å². The molecule has 0 fully saturated rings. The van der Waals surface area contributed by atoms with Crippen LogP contribution in [0.1, 0.15) is 16.5 Å². The van der Waals surface area contributed by atoms with E-state index >= 15 is 0 Å². The molecular formula is C23H23ClN6O2S. The van der Waals surface area contributed by atoms with Gasteiger partial charge in [-0.1, -0.05) is 17.7 Å². The number of carbonyl (C=O) groups excluding carboxylic acids is 2. The van der Waals surface area contributed by atoms with Crippen molar-refractivity contribution in [1.82, 2.24) is 5.32 Å². The van der Waals surface area contributed by atoms with Gasteiger partial charge in [-0.3, -0.25) is 9.79 Å². The van der Waals surface area contributed by atoms with Gasteiger partial charge >= 0.3 is 6.03 Å². The lowest BCUT2D eigenvalue weighted by Gasteiger charge is -2.21. The van der Waals surface area contributed by atoms with Gasteiger partial charge in [0.15, 0.2) is 5.96 Å². The number of benzene rings is 2. The third kappa shape index (κ3) is 5.44. The van der Waals surface area contributed by atoms with Gasteiger partial charge in [-0.2, -0.15) is 0 Å². The summed E-state index contributed by atoms with van der Waals surface area (Å²) < 4.78 is 0. The quantitative estimate of drug-likeness (QED) is 0.418. The van der Waals surface area contributed by atoms with Crippen molar-refractivity contribution in [2.45, 2.75) is 13.0 Å². The highest BCUT2D eigenvalue weighted by Gasteiger charge is 2.25. The van der Waals surface area contributed by atoms with Crippen LogP contribution >= 0.6 is 22.9 Å². The SMILES string of the molecule is Cc1cc(NC(=O)[C@H](NC(=O)Nc2ccc(Cl)cc2)c2cccs2)ccc1N1CCN=C1N. The third-order valence-corrected chi connectivity index (χ3v) is 6.29. The van der Waals surface area contributed by atoms with Gasteiger partial charge in [-0.25, -0.2) is 4.79 Å². The molecule has 4 rings (SSSR count). The van der Waals surface area contributed by atoms with E-state index in [2.05, 4.69) is 20.9 Å². The number of guanidine groups is 1. The second kappa shape index (κ2) is 9.93. The fraction of sp³-hybridized carbons (Fsp3) is 0.174. The Balaban J connectivity index is 1.47. The molecule has 10 heteroatoms. The lowest BCUT2D eigenvalue weighted by atomic mass is 10.1. The maximum atomic E-state index is 13.1. The molecule has 0 radical (unpaired) electrons. The molecule has 33 heavy (non-hydrogen) atoms. The third-order valence-electron chi connectivity index (χ3n) is 5.10. The van der Waals surface area contributed by atoms with Crippen molar-refractivity contribution in [3.63, 3.8) is 0 Å². The molecule has 0 aliphatic carbocycles. The second-order valence-corrected chi connectivity index (χ2v) is 8.85. The van der Waals surface area contributed by atoms with Crippen molar-refractivity contribution in [3.8, 4) is 0 Å². The van der Waals surface area contributed by atoms with Crippen LogP contribution in [0.3, 0.4) is 0 Å². The van der Waals surface area contributed by atoms with Gasteiger partial charge in [0.25, 0.3) is 5.91 Å². The summed E-state index contributed by atoms with van der Waals surface area (Å²) in [7, 11) is 0. The number of amides is 3. The number of hydrogen-bond acceptors (Lipinski definition) is 6. The molecule has 0 spiro atoms. The Hall–Kier alpha value is -3.56. The molecule has 0 saturated carbocycles. The largest absolute Gasteiger partial charge is 0.370 e. The van der Waals surface area contributed by atoms with Crippen molar-refractivity contribution in [1.29, 1.82) is 0 Å². The zero-order chi connectivity index (χ0) is 23.4. The molecule has 170 valence electrons. The van der Waals surface area contributed by atoms with E-state index in [-0.39, 0.29) is 5.91 Å². The Labute approximate surface area is 200 Å². The Morgan fingerprint density at radius 2 is 1.88 bits per heavy atom. The lowest BCUT2D eigenvalue weighted by Crippen LogP contribution is -2.39. The van der Waals surface area contributed by atoms with Crippen molar-refractivity contribution < 1.29 is 9.59 Å². The maximum Gasteiger partial charge on any atom is 0.320 e. The molecule has 3 amide bonds. The van der Waals surface area contributed by atoms with E-state index in [0.717, 1.165) is 17.8 Å². The van der Waals surface area contributed by atoms with Crippen LogP contribution in [-0.2, 0) is 4.79 Å². The number of thiophene rings is 1. The second-order valence-electron chi connectivity index (χ2n) is 7.44. The highest BCUT2D eigenvalue weighted by Crippen LogP contribution is 2.26. The molecule has 3 aromatic rings. The molecule has 1 atom stereocenters. The van der Waals surface area contributed by atoms with Gasteiger partial charge in [0, 0.05) is 33.5 Å². The number of nitrogens with zero attached hydrogens (tertiary/aromatic N) is 2. The Bertz CT molecular complexity index is 1180. The fourth-order valence-corrected chi connectivity index (χ4v) is 4.41. The van der Waals surface area contributed by atoms with Gasteiger partial charge in [0.1, 0.15) is 6.04 Å². The van der Waals surface area contributed by atoms with Crippen LogP contribution in [0.2, 0.25) is 5.02 Å². The van der Waals surface area contributed by atoms with Crippen LogP contribution in [0.5, 0.6) is 0 Å². The number of nitrogens with one attached hydrogen (secondary N) is 3. The summed E-state index contributed by atoms with van der Waals surface area (Å²) in [6.07, 6.45) is 0. The zero-order valence-electron chi connectivity index (χ0n) is 17.8. The van der Waals surface area contributed by atoms with Crippen molar-refractivity contribution in [2.75, 3.05) is 28.6 Å². The van der Waals surface area contributed by atoms with E-state index in [1.54, 1.807) is 30.3 Å². The summed E-state index contributed by atoms with van der Waals surface area (Å²) in [5, 5.41) is 10.8. The Morgan fingerprint density at radius 1 is 1.12 bits per heavy atom. The van der Waals surface area contributed by atoms with E-state index in [9.17, 15) is 9.59 Å². The van der Waals surface area contributed by atoms with Gasteiger partial charge < -0.3 is 26.6 Å². The van der Waals surface area contributed by atoms with Crippen LogP contribution < -0.4 is 26.6 Å². The standard InChI is InChI=1S/C23H23ClN6O2S/c1-14-13-17(8-9-18(14)30-11-10-26-22(30)25)27-21(31)20(19-3-2-12-33-19)29-23(32)28-16-6-4-15(24)5-7-16/h2-9,12-13,20H,10-11H2,1H3,(H2,25,26)(H,27,31)(H2,28,29,32)/t20-/m1/s1. The maximum absolute atomic E-state index is 13.1. The molecule has 5 N–H and O–H groups in total. The summed E-state index contributed by atoms with van der Waals surface area (Å²) in [6.45, 7) is 3.34. The van der Waals surface area contributed by atoms with E-state index < -0.39 is 12.1 Å². The first-order chi connectivity index (χ1) is 15.9. The monoisotopic (exact) mass is 482 g/mol. The summed E-state index contributed by atoms with van der Waals surface area (Å²) in [5.41, 5.74) is 9.05. The van der Waals surface area contributed by atoms with E-state index in [4.69, 9.17) is 17.3 Å². The fourth-order valence-electron chi connectivity index (χ4n) is 3.51. The molecule has 2 heterocycles. The van der Waals surface area contributed by atoms with E-state index in [0.29, 0.717) is 33.8 Å². The summed E-state index contributed by atoms with van der Waals surface area (Å²) in [5.74, 6) is 0.140. The number of aliphatic imine (C=N–C) groups is 1. The summed E-state index contributed by atoms with van der Waals surface area (Å²) in [6, 6.07) is 14.6. The first kappa shape index (κ1) is 22.6. The Kier molecular flexibility index (Phi) is 6.81. The van der Waals surface area contributed by atoms with E-state index in [1.165, 1.54) is 11.3 Å². The lowest BCUT2D eigenvalue weighted by molar-refractivity contribution is -0.118. The minimum absolute atomic E-state index is 0.349. The minimum Gasteiger partial charge on any atom is -0.370 e. The predicted octanol–water partition coefficient (Wildman–Crippen LogP) is 4.35. The summed E-state index contributed by atoms with van der Waals surface area (Å²) in [4.78, 5) is 32.6. The van der Waals surface area contributed by atoms with Gasteiger partial charge in [-0.05, 0) is 66.4 Å². The first-order valence-electron chi connectivity index (χ1n) is 10.3. The highest BCUT2D eigenvalue weighted by molar-refractivity contribution is 7.10. The smallest absolute Gasteiger partial charge is 0.320 e. The van der Waals surface area contributed by atoms with Crippen LogP contribution in [0.15, 0.2) is 65.0 Å². The average Bonchev–Trinajstić information content (AvgIpc) is 3.46. The molecule has 1 aliphatic heterocycles. The normalized spacial score (nSPS) is 13.9. The number of nitrogens with two attached hydrogens (primary N) is 1. The number of rotatable bonds is 6. The summed E-state index contributed by atoms with van der Waals surface area (Å²) >= 11 is 7.28. The average molecular weight is 483 g/mol. The molecule has 1 aliphatic rings. The molecule has 0 saturated heterocycles. The topological polar surface area (TPSA) is 112 Å².